The lowest BCUT2D eigenvalue weighted by atomic mass is 9.94. The van der Waals surface area contributed by atoms with Gasteiger partial charge < -0.3 is 9.80 Å². The molecule has 34 heavy (non-hydrogen) atoms. The van der Waals surface area contributed by atoms with Gasteiger partial charge in [0.1, 0.15) is 0 Å². The quantitative estimate of drug-likeness (QED) is 0.540. The molecular weight excluding hydrogens is 446 g/mol. The van der Waals surface area contributed by atoms with E-state index < -0.39 is 10.0 Å². The summed E-state index contributed by atoms with van der Waals surface area (Å²) in [5, 5.41) is 1.88. The third-order valence-electron chi connectivity index (χ3n) is 7.04. The number of ketones is 1. The average Bonchev–Trinajstić information content (AvgIpc) is 2.84. The molecule has 3 aromatic carbocycles. The normalized spacial score (nSPS) is 19.5. The minimum absolute atomic E-state index is 0.0170. The number of carbonyl (C=O) groups excluding carboxylic acids is 1. The number of sulfonamides is 1. The number of anilines is 2. The predicted molar refractivity (Wildman–Crippen MR) is 137 cm³/mol. The summed E-state index contributed by atoms with van der Waals surface area (Å²) in [6, 6.07) is 18.3. The number of fused-ring (bicyclic) bond motifs is 2. The Bertz CT molecular complexity index is 1330. The Kier molecular flexibility index (Phi) is 6.08. The Hall–Kier alpha value is -2.90. The number of hydrogen-bond donors (Lipinski definition) is 0. The van der Waals surface area contributed by atoms with Crippen LogP contribution in [0, 0.1) is 0 Å². The molecule has 2 heterocycles. The van der Waals surface area contributed by atoms with E-state index in [2.05, 4.69) is 16.8 Å². The Labute approximate surface area is 201 Å². The van der Waals surface area contributed by atoms with Gasteiger partial charge in [-0.05, 0) is 54.6 Å². The van der Waals surface area contributed by atoms with Gasteiger partial charge >= 0.3 is 0 Å². The predicted octanol–water partition coefficient (Wildman–Crippen LogP) is 4.54. The number of benzene rings is 3. The summed E-state index contributed by atoms with van der Waals surface area (Å²) in [6.45, 7) is 5.68. The molecule has 1 atom stereocenters. The summed E-state index contributed by atoms with van der Waals surface area (Å²) in [7, 11) is -1.76. The molecule has 0 saturated carbocycles. The highest BCUT2D eigenvalue weighted by molar-refractivity contribution is 7.92. The first-order valence-electron chi connectivity index (χ1n) is 12.0. The van der Waals surface area contributed by atoms with Crippen LogP contribution in [0.5, 0.6) is 0 Å². The molecule has 0 radical (unpaired) electrons. The second-order valence-electron chi connectivity index (χ2n) is 9.37. The Balaban J connectivity index is 1.62. The molecule has 2 aliphatic rings. The van der Waals surface area contributed by atoms with Gasteiger partial charge in [0.25, 0.3) is 10.0 Å². The Morgan fingerprint density at radius 3 is 2.38 bits per heavy atom. The van der Waals surface area contributed by atoms with Gasteiger partial charge in [0.15, 0.2) is 5.78 Å². The third kappa shape index (κ3) is 4.07. The lowest BCUT2D eigenvalue weighted by molar-refractivity contribution is 0.0968. The molecule has 0 amide bonds. The molecule has 0 spiro atoms. The standard InChI is InChI=1S/C27H31N3O3S/c1-3-6-23-19-27(31)25-12-10-22(29-15-13-28(2)14-16-29)18-26(25)30(23)34(32,33)24-11-9-20-7-4-5-8-21(20)17-24/h4-5,7-12,17-18,23H,3,6,13-16,19H2,1-2H3. The summed E-state index contributed by atoms with van der Waals surface area (Å²) in [5.41, 5.74) is 1.98. The van der Waals surface area contributed by atoms with E-state index in [4.69, 9.17) is 0 Å². The van der Waals surface area contributed by atoms with Crippen LogP contribution in [0.15, 0.2) is 65.6 Å². The summed E-state index contributed by atoms with van der Waals surface area (Å²) >= 11 is 0. The lowest BCUT2D eigenvalue weighted by Gasteiger charge is -2.39. The monoisotopic (exact) mass is 477 g/mol. The van der Waals surface area contributed by atoms with Crippen LogP contribution < -0.4 is 9.21 Å². The van der Waals surface area contributed by atoms with Crippen molar-refractivity contribution in [2.45, 2.75) is 37.1 Å². The zero-order chi connectivity index (χ0) is 23.9. The van der Waals surface area contributed by atoms with Crippen molar-refractivity contribution in [1.29, 1.82) is 0 Å². The van der Waals surface area contributed by atoms with E-state index in [1.807, 2.05) is 55.5 Å². The van der Waals surface area contributed by atoms with E-state index in [9.17, 15) is 13.2 Å². The van der Waals surface area contributed by atoms with Crippen molar-refractivity contribution in [2.75, 3.05) is 42.4 Å². The summed E-state index contributed by atoms with van der Waals surface area (Å²) in [5.74, 6) is 0.0170. The van der Waals surface area contributed by atoms with Gasteiger partial charge in [-0.2, -0.15) is 0 Å². The molecule has 0 aromatic heterocycles. The van der Waals surface area contributed by atoms with Gasteiger partial charge in [-0.1, -0.05) is 43.7 Å². The van der Waals surface area contributed by atoms with Gasteiger partial charge in [-0.25, -0.2) is 8.42 Å². The summed E-state index contributed by atoms with van der Waals surface area (Å²) < 4.78 is 29.8. The highest BCUT2D eigenvalue weighted by Gasteiger charge is 2.39. The minimum atomic E-state index is -3.86. The first-order chi connectivity index (χ1) is 16.4. The molecule has 178 valence electrons. The van der Waals surface area contributed by atoms with Crippen molar-refractivity contribution in [3.8, 4) is 0 Å². The minimum Gasteiger partial charge on any atom is -0.369 e. The maximum Gasteiger partial charge on any atom is 0.264 e. The fourth-order valence-electron chi connectivity index (χ4n) is 5.12. The maximum absolute atomic E-state index is 14.1. The van der Waals surface area contributed by atoms with Crippen molar-refractivity contribution in [1.82, 2.24) is 4.90 Å². The SMILES string of the molecule is CCCC1CC(=O)c2ccc(N3CCN(C)CC3)cc2N1S(=O)(=O)c1ccc2ccccc2c1. The molecule has 1 unspecified atom stereocenters. The molecule has 5 rings (SSSR count). The van der Waals surface area contributed by atoms with E-state index >= 15 is 0 Å². The number of nitrogens with zero attached hydrogens (tertiary/aromatic N) is 3. The second kappa shape index (κ2) is 9.04. The van der Waals surface area contributed by atoms with Crippen molar-refractivity contribution < 1.29 is 13.2 Å². The van der Waals surface area contributed by atoms with Gasteiger partial charge in [0.05, 0.1) is 16.6 Å². The van der Waals surface area contributed by atoms with Gasteiger partial charge in [-0.3, -0.25) is 9.10 Å². The number of piperazine rings is 1. The van der Waals surface area contributed by atoms with E-state index in [-0.39, 0.29) is 23.1 Å². The number of Topliss-reactive ketones (excluding diaryl/α,β-unsaturated/α-hetero) is 1. The van der Waals surface area contributed by atoms with Crippen LogP contribution in [-0.4, -0.2) is 58.4 Å². The smallest absolute Gasteiger partial charge is 0.264 e. The maximum atomic E-state index is 14.1. The molecule has 7 heteroatoms. The van der Waals surface area contributed by atoms with E-state index in [1.165, 1.54) is 4.31 Å². The number of likely N-dealkylation sites (N-methyl/N-ethyl adjacent to an activating group) is 1. The van der Waals surface area contributed by atoms with E-state index in [1.54, 1.807) is 12.1 Å². The lowest BCUT2D eigenvalue weighted by Crippen LogP contribution is -2.46. The fraction of sp³-hybridized carbons (Fsp3) is 0.370. The van der Waals surface area contributed by atoms with Crippen molar-refractivity contribution >= 4 is 38.0 Å². The molecule has 6 nitrogen and oxygen atoms in total. The molecule has 3 aromatic rings. The zero-order valence-corrected chi connectivity index (χ0v) is 20.6. The second-order valence-corrected chi connectivity index (χ2v) is 11.2. The first-order valence-corrected chi connectivity index (χ1v) is 13.5. The average molecular weight is 478 g/mol. The fourth-order valence-corrected chi connectivity index (χ4v) is 6.85. The molecule has 2 aliphatic heterocycles. The molecule has 1 saturated heterocycles. The summed E-state index contributed by atoms with van der Waals surface area (Å²) in [6.07, 6.45) is 1.65. The van der Waals surface area contributed by atoms with Gasteiger partial charge in [0, 0.05) is 43.9 Å². The van der Waals surface area contributed by atoms with Crippen LogP contribution in [0.2, 0.25) is 0 Å². The molecule has 1 fully saturated rings. The Morgan fingerprint density at radius 2 is 1.65 bits per heavy atom. The molecule has 0 aliphatic carbocycles. The largest absolute Gasteiger partial charge is 0.369 e. The number of rotatable bonds is 5. The van der Waals surface area contributed by atoms with Gasteiger partial charge in [0.2, 0.25) is 0 Å². The highest BCUT2D eigenvalue weighted by atomic mass is 32.2. The molecule has 0 bridgehead atoms. The summed E-state index contributed by atoms with van der Waals surface area (Å²) in [4.78, 5) is 17.9. The van der Waals surface area contributed by atoms with Crippen LogP contribution in [0.25, 0.3) is 10.8 Å². The van der Waals surface area contributed by atoms with Gasteiger partial charge in [-0.15, -0.1) is 0 Å². The highest BCUT2D eigenvalue weighted by Crippen LogP contribution is 2.39. The third-order valence-corrected chi connectivity index (χ3v) is 8.90. The van der Waals surface area contributed by atoms with E-state index in [0.717, 1.165) is 49.1 Å². The van der Waals surface area contributed by atoms with Crippen LogP contribution in [-0.2, 0) is 10.0 Å². The van der Waals surface area contributed by atoms with Crippen molar-refractivity contribution in [2.24, 2.45) is 0 Å². The van der Waals surface area contributed by atoms with Crippen LogP contribution in [0.1, 0.15) is 36.5 Å². The van der Waals surface area contributed by atoms with Crippen LogP contribution in [0.4, 0.5) is 11.4 Å². The first kappa shape index (κ1) is 22.9. The van der Waals surface area contributed by atoms with Crippen molar-refractivity contribution in [3.05, 3.63) is 66.2 Å². The van der Waals surface area contributed by atoms with Crippen LogP contribution >= 0.6 is 0 Å². The zero-order valence-electron chi connectivity index (χ0n) is 19.8. The van der Waals surface area contributed by atoms with E-state index in [0.29, 0.717) is 17.7 Å². The topological polar surface area (TPSA) is 60.9 Å². The van der Waals surface area contributed by atoms with Crippen LogP contribution in [0.3, 0.4) is 0 Å². The van der Waals surface area contributed by atoms with Crippen molar-refractivity contribution in [3.63, 3.8) is 0 Å². The molecular formula is C27H31N3O3S. The number of hydrogen-bond acceptors (Lipinski definition) is 5. The number of carbonyl (C=O) groups is 1. The Morgan fingerprint density at radius 1 is 0.912 bits per heavy atom. The molecule has 0 N–H and O–H groups in total.